The highest BCUT2D eigenvalue weighted by atomic mass is 16.2. The topological polar surface area (TPSA) is 43.1 Å². The second kappa shape index (κ2) is 6.46. The van der Waals surface area contributed by atoms with Gasteiger partial charge in [0.05, 0.1) is 11.6 Å². The highest BCUT2D eigenvalue weighted by Gasteiger charge is 2.28. The zero-order chi connectivity index (χ0) is 17.4. The Hall–Kier alpha value is -2.04. The van der Waals surface area contributed by atoms with E-state index in [9.17, 15) is 4.79 Å². The lowest BCUT2D eigenvalue weighted by molar-refractivity contribution is 0.0677. The summed E-state index contributed by atoms with van der Waals surface area (Å²) in [5.74, 6) is 1.18. The quantitative estimate of drug-likeness (QED) is 0.863. The molecule has 1 amide bonds. The molecule has 0 bridgehead atoms. The number of aryl methyl sites for hydroxylation is 2. The van der Waals surface area contributed by atoms with Crippen molar-refractivity contribution in [3.63, 3.8) is 0 Å². The van der Waals surface area contributed by atoms with Gasteiger partial charge >= 0.3 is 0 Å². The minimum Gasteiger partial charge on any atom is -0.346 e. The van der Waals surface area contributed by atoms with E-state index in [1.807, 2.05) is 30.3 Å². The SMILES string of the molecule is Cc1nccn1[C@H]1CCCN(C(=O)c2cc(C)n(C(C)C)c2C)C1. The molecule has 1 atom stereocenters. The molecule has 130 valence electrons. The third-order valence-electron chi connectivity index (χ3n) is 5.17. The van der Waals surface area contributed by atoms with Crippen LogP contribution >= 0.6 is 0 Å². The van der Waals surface area contributed by atoms with Gasteiger partial charge in [0, 0.05) is 42.9 Å². The van der Waals surface area contributed by atoms with Crippen molar-refractivity contribution in [1.82, 2.24) is 19.0 Å². The van der Waals surface area contributed by atoms with Gasteiger partial charge in [-0.2, -0.15) is 0 Å². The Kier molecular flexibility index (Phi) is 4.52. The second-order valence-corrected chi connectivity index (χ2v) is 7.18. The lowest BCUT2D eigenvalue weighted by Gasteiger charge is -2.34. The molecule has 1 saturated heterocycles. The molecule has 0 radical (unpaired) electrons. The number of aromatic nitrogens is 3. The maximum atomic E-state index is 13.1. The van der Waals surface area contributed by atoms with E-state index < -0.39 is 0 Å². The van der Waals surface area contributed by atoms with Crippen LogP contribution in [0.2, 0.25) is 0 Å². The van der Waals surface area contributed by atoms with Crippen molar-refractivity contribution in [2.45, 2.75) is 59.5 Å². The molecule has 0 spiro atoms. The van der Waals surface area contributed by atoms with Crippen LogP contribution in [0.25, 0.3) is 0 Å². The number of piperidine rings is 1. The summed E-state index contributed by atoms with van der Waals surface area (Å²) in [6, 6.07) is 2.75. The largest absolute Gasteiger partial charge is 0.346 e. The fourth-order valence-electron chi connectivity index (χ4n) is 4.10. The van der Waals surface area contributed by atoms with Gasteiger partial charge in [0.15, 0.2) is 0 Å². The standard InChI is InChI=1S/C19H28N4O/c1-13(2)23-14(3)11-18(15(23)4)19(24)21-9-6-7-17(12-21)22-10-8-20-16(22)5/h8,10-11,13,17H,6-7,9,12H2,1-5H3/t17-/m0/s1. The average Bonchev–Trinajstić information content (AvgIpc) is 3.09. The maximum absolute atomic E-state index is 13.1. The number of rotatable bonds is 3. The van der Waals surface area contributed by atoms with Crippen LogP contribution in [-0.2, 0) is 0 Å². The first-order valence-electron chi connectivity index (χ1n) is 8.87. The number of amides is 1. The van der Waals surface area contributed by atoms with Crippen molar-refractivity contribution >= 4 is 5.91 Å². The van der Waals surface area contributed by atoms with Crippen molar-refractivity contribution in [3.8, 4) is 0 Å². The number of hydrogen-bond acceptors (Lipinski definition) is 2. The number of imidazole rings is 1. The van der Waals surface area contributed by atoms with Gasteiger partial charge < -0.3 is 14.0 Å². The zero-order valence-corrected chi connectivity index (χ0v) is 15.4. The lowest BCUT2D eigenvalue weighted by atomic mass is 10.0. The van der Waals surface area contributed by atoms with Crippen LogP contribution in [-0.4, -0.2) is 38.0 Å². The Labute approximate surface area is 144 Å². The van der Waals surface area contributed by atoms with Crippen molar-refractivity contribution in [2.24, 2.45) is 0 Å². The zero-order valence-electron chi connectivity index (χ0n) is 15.4. The third kappa shape index (κ3) is 2.87. The molecule has 5 nitrogen and oxygen atoms in total. The van der Waals surface area contributed by atoms with Crippen LogP contribution in [0.5, 0.6) is 0 Å². The van der Waals surface area contributed by atoms with Crippen LogP contribution in [0.4, 0.5) is 0 Å². The van der Waals surface area contributed by atoms with Crippen LogP contribution in [0.1, 0.15) is 66.3 Å². The van der Waals surface area contributed by atoms with Crippen LogP contribution in [0.15, 0.2) is 18.5 Å². The molecule has 0 N–H and O–H groups in total. The molecule has 3 rings (SSSR count). The number of carbonyl (C=O) groups excluding carboxylic acids is 1. The molecule has 0 saturated carbocycles. The Balaban J connectivity index is 1.83. The molecule has 3 heterocycles. The summed E-state index contributed by atoms with van der Waals surface area (Å²) in [6.07, 6.45) is 6.01. The summed E-state index contributed by atoms with van der Waals surface area (Å²) >= 11 is 0. The summed E-state index contributed by atoms with van der Waals surface area (Å²) in [6.45, 7) is 12.1. The Morgan fingerprint density at radius 2 is 2.04 bits per heavy atom. The van der Waals surface area contributed by atoms with Gasteiger partial charge in [0.2, 0.25) is 0 Å². The van der Waals surface area contributed by atoms with Gasteiger partial charge in [-0.15, -0.1) is 0 Å². The van der Waals surface area contributed by atoms with Crippen molar-refractivity contribution < 1.29 is 4.79 Å². The van der Waals surface area contributed by atoms with E-state index in [2.05, 4.69) is 41.8 Å². The fraction of sp³-hybridized carbons (Fsp3) is 0.579. The molecule has 0 aliphatic carbocycles. The van der Waals surface area contributed by atoms with Gasteiger partial charge in [0.25, 0.3) is 5.91 Å². The van der Waals surface area contributed by atoms with Gasteiger partial charge in [0.1, 0.15) is 5.82 Å². The normalized spacial score (nSPS) is 18.4. The van der Waals surface area contributed by atoms with Gasteiger partial charge in [-0.3, -0.25) is 4.79 Å². The molecule has 1 aliphatic heterocycles. The number of likely N-dealkylation sites (tertiary alicyclic amines) is 1. The summed E-state index contributed by atoms with van der Waals surface area (Å²) < 4.78 is 4.45. The van der Waals surface area contributed by atoms with Crippen LogP contribution in [0, 0.1) is 20.8 Å². The molecular weight excluding hydrogens is 300 g/mol. The summed E-state index contributed by atoms with van der Waals surface area (Å²) in [7, 11) is 0. The smallest absolute Gasteiger partial charge is 0.255 e. The molecular formula is C19H28N4O. The first kappa shape index (κ1) is 16.8. The lowest BCUT2D eigenvalue weighted by Crippen LogP contribution is -2.41. The number of hydrogen-bond donors (Lipinski definition) is 0. The second-order valence-electron chi connectivity index (χ2n) is 7.18. The predicted octanol–water partition coefficient (Wildman–Crippen LogP) is 3.67. The molecule has 24 heavy (non-hydrogen) atoms. The molecule has 1 aliphatic rings. The summed E-state index contributed by atoms with van der Waals surface area (Å²) in [5, 5.41) is 0. The highest BCUT2D eigenvalue weighted by Crippen LogP contribution is 2.26. The fourth-order valence-corrected chi connectivity index (χ4v) is 4.10. The van der Waals surface area contributed by atoms with Crippen LogP contribution < -0.4 is 0 Å². The number of nitrogens with zero attached hydrogens (tertiary/aromatic N) is 4. The highest BCUT2D eigenvalue weighted by molar-refractivity contribution is 5.95. The van der Waals surface area contributed by atoms with E-state index in [0.29, 0.717) is 12.1 Å². The van der Waals surface area contributed by atoms with Gasteiger partial charge in [-0.1, -0.05) is 0 Å². The summed E-state index contributed by atoms with van der Waals surface area (Å²) in [4.78, 5) is 19.4. The Morgan fingerprint density at radius 1 is 1.29 bits per heavy atom. The van der Waals surface area contributed by atoms with Crippen LogP contribution in [0.3, 0.4) is 0 Å². The first-order valence-corrected chi connectivity index (χ1v) is 8.87. The Morgan fingerprint density at radius 3 is 2.62 bits per heavy atom. The molecule has 1 fully saturated rings. The van der Waals surface area contributed by atoms with E-state index in [4.69, 9.17) is 0 Å². The van der Waals surface area contributed by atoms with Gasteiger partial charge in [-0.05, 0) is 53.5 Å². The van der Waals surface area contributed by atoms with E-state index in [-0.39, 0.29) is 5.91 Å². The van der Waals surface area contributed by atoms with Crippen molar-refractivity contribution in [2.75, 3.05) is 13.1 Å². The molecule has 0 unspecified atom stereocenters. The van der Waals surface area contributed by atoms with E-state index in [1.165, 1.54) is 0 Å². The molecule has 5 heteroatoms. The first-order chi connectivity index (χ1) is 11.4. The van der Waals surface area contributed by atoms with Crippen molar-refractivity contribution in [3.05, 3.63) is 41.2 Å². The summed E-state index contributed by atoms with van der Waals surface area (Å²) in [5.41, 5.74) is 3.09. The molecule has 2 aromatic heterocycles. The molecule has 2 aromatic rings. The van der Waals surface area contributed by atoms with E-state index in [1.54, 1.807) is 0 Å². The monoisotopic (exact) mass is 328 g/mol. The van der Waals surface area contributed by atoms with Crippen molar-refractivity contribution in [1.29, 1.82) is 0 Å². The minimum absolute atomic E-state index is 0.164. The van der Waals surface area contributed by atoms with E-state index in [0.717, 1.165) is 48.7 Å². The van der Waals surface area contributed by atoms with Gasteiger partial charge in [-0.25, -0.2) is 4.98 Å². The van der Waals surface area contributed by atoms with E-state index >= 15 is 0 Å². The predicted molar refractivity (Wildman–Crippen MR) is 95.4 cm³/mol. The Bertz CT molecular complexity index is 741. The average molecular weight is 328 g/mol. The third-order valence-corrected chi connectivity index (χ3v) is 5.17. The minimum atomic E-state index is 0.164. The molecule has 0 aromatic carbocycles. The number of carbonyl (C=O) groups is 1. The maximum Gasteiger partial charge on any atom is 0.255 e.